The highest BCUT2D eigenvalue weighted by Crippen LogP contribution is 2.30. The van der Waals surface area contributed by atoms with Crippen LogP contribution in [0.2, 0.25) is 0 Å². The van der Waals surface area contributed by atoms with Gasteiger partial charge in [0.2, 0.25) is 0 Å². The first-order valence-corrected chi connectivity index (χ1v) is 10.8. The van der Waals surface area contributed by atoms with E-state index in [1.807, 2.05) is 0 Å². The molecule has 1 aromatic carbocycles. The van der Waals surface area contributed by atoms with E-state index in [9.17, 15) is 19.2 Å². The predicted molar refractivity (Wildman–Crippen MR) is 119 cm³/mol. The molecule has 3 atom stereocenters. The fourth-order valence-corrected chi connectivity index (χ4v) is 2.52. The van der Waals surface area contributed by atoms with Crippen LogP contribution in [0.3, 0.4) is 0 Å². The fourth-order valence-electron chi connectivity index (χ4n) is 2.52. The highest BCUT2D eigenvalue weighted by Gasteiger charge is 2.24. The zero-order chi connectivity index (χ0) is 26.0. The molecule has 1 rings (SSSR count). The lowest BCUT2D eigenvalue weighted by atomic mass is 10.1. The minimum absolute atomic E-state index is 0.0137. The van der Waals surface area contributed by atoms with Crippen molar-refractivity contribution < 1.29 is 47.6 Å². The van der Waals surface area contributed by atoms with Crippen molar-refractivity contribution in [2.24, 2.45) is 5.73 Å². The molecular weight excluding hydrogens is 450 g/mol. The Morgan fingerprint density at radius 1 is 0.765 bits per heavy atom. The number of rotatable bonds is 10. The summed E-state index contributed by atoms with van der Waals surface area (Å²) in [5.41, 5.74) is 6.46. The number of esters is 2. The summed E-state index contributed by atoms with van der Waals surface area (Å²) in [6.45, 7) is 11.0. The molecule has 0 unspecified atom stereocenters. The van der Waals surface area contributed by atoms with Gasteiger partial charge < -0.3 is 34.2 Å². The molecule has 0 aliphatic heterocycles. The Morgan fingerprint density at radius 3 is 1.76 bits per heavy atom. The van der Waals surface area contributed by atoms with Gasteiger partial charge in [0.25, 0.3) is 0 Å². The molecule has 11 nitrogen and oxygen atoms in total. The van der Waals surface area contributed by atoms with E-state index in [1.54, 1.807) is 41.5 Å². The molecule has 190 valence electrons. The summed E-state index contributed by atoms with van der Waals surface area (Å²) in [5.74, 6) is -1.42. The van der Waals surface area contributed by atoms with E-state index < -0.39 is 54.7 Å². The van der Waals surface area contributed by atoms with Gasteiger partial charge in [-0.3, -0.25) is 9.59 Å². The molecule has 34 heavy (non-hydrogen) atoms. The van der Waals surface area contributed by atoms with Crippen LogP contribution in [0.1, 0.15) is 54.0 Å². The molecule has 0 aliphatic carbocycles. The summed E-state index contributed by atoms with van der Waals surface area (Å²) in [6, 6.07) is 3.23. The number of benzene rings is 1. The van der Waals surface area contributed by atoms with Gasteiger partial charge in [0.15, 0.2) is 11.5 Å². The number of hydrogen-bond acceptors (Lipinski definition) is 11. The summed E-state index contributed by atoms with van der Waals surface area (Å²) >= 11 is 0. The second-order valence-electron chi connectivity index (χ2n) is 8.09. The van der Waals surface area contributed by atoms with Gasteiger partial charge in [0, 0.05) is 6.92 Å². The zero-order valence-electron chi connectivity index (χ0n) is 20.5. The molecule has 0 amide bonds. The molecule has 2 N–H and O–H groups in total. The van der Waals surface area contributed by atoms with E-state index in [0.717, 1.165) is 0 Å². The van der Waals surface area contributed by atoms with Crippen LogP contribution in [0.4, 0.5) is 9.59 Å². The van der Waals surface area contributed by atoms with Crippen molar-refractivity contribution in [2.75, 3.05) is 0 Å². The number of nitrogens with two attached hydrogens (primary N) is 1. The molecular formula is C23H33NO10. The van der Waals surface area contributed by atoms with Gasteiger partial charge >= 0.3 is 24.2 Å². The smallest absolute Gasteiger partial charge is 0.459 e. The van der Waals surface area contributed by atoms with Crippen LogP contribution in [-0.2, 0) is 35.0 Å². The predicted octanol–water partition coefficient (Wildman–Crippen LogP) is 3.29. The molecule has 0 spiro atoms. The first kappa shape index (κ1) is 28.7. The van der Waals surface area contributed by atoms with Gasteiger partial charge in [-0.15, -0.1) is 0 Å². The average Bonchev–Trinajstić information content (AvgIpc) is 2.67. The van der Waals surface area contributed by atoms with E-state index in [4.69, 9.17) is 34.2 Å². The van der Waals surface area contributed by atoms with Crippen molar-refractivity contribution in [1.82, 2.24) is 0 Å². The summed E-state index contributed by atoms with van der Waals surface area (Å²) in [6.07, 6.45) is -4.20. The summed E-state index contributed by atoms with van der Waals surface area (Å²) in [4.78, 5) is 47.3. The molecule has 0 fully saturated rings. The molecule has 0 heterocycles. The Balaban J connectivity index is 2.97. The lowest BCUT2D eigenvalue weighted by molar-refractivity contribution is -0.164. The van der Waals surface area contributed by atoms with Crippen LogP contribution in [0, 0.1) is 0 Å². The van der Waals surface area contributed by atoms with Gasteiger partial charge in [-0.1, -0.05) is 6.07 Å². The van der Waals surface area contributed by atoms with Crippen molar-refractivity contribution >= 4 is 24.2 Å². The Morgan fingerprint density at radius 2 is 1.26 bits per heavy atom. The van der Waals surface area contributed by atoms with E-state index in [0.29, 0.717) is 5.56 Å². The van der Waals surface area contributed by atoms with Crippen LogP contribution in [-0.4, -0.2) is 54.7 Å². The fraction of sp³-hybridized carbons (Fsp3) is 0.565. The van der Waals surface area contributed by atoms with Crippen LogP contribution in [0.25, 0.3) is 0 Å². The van der Waals surface area contributed by atoms with E-state index in [2.05, 4.69) is 0 Å². The van der Waals surface area contributed by atoms with Crippen LogP contribution in [0.15, 0.2) is 18.2 Å². The Bertz CT molecular complexity index is 867. The lowest BCUT2D eigenvalue weighted by Gasteiger charge is -2.22. The molecule has 0 saturated heterocycles. The molecule has 0 saturated carbocycles. The van der Waals surface area contributed by atoms with E-state index >= 15 is 0 Å². The molecule has 11 heteroatoms. The maximum absolute atomic E-state index is 12.4. The van der Waals surface area contributed by atoms with Crippen LogP contribution >= 0.6 is 0 Å². The van der Waals surface area contributed by atoms with Gasteiger partial charge in [-0.2, -0.15) is 0 Å². The molecule has 0 aromatic heterocycles. The van der Waals surface area contributed by atoms with Crippen LogP contribution < -0.4 is 15.2 Å². The zero-order valence-corrected chi connectivity index (χ0v) is 20.5. The maximum atomic E-state index is 12.4. The van der Waals surface area contributed by atoms with Crippen molar-refractivity contribution in [1.29, 1.82) is 0 Å². The van der Waals surface area contributed by atoms with Crippen molar-refractivity contribution in [3.8, 4) is 11.5 Å². The number of ether oxygens (including phenoxy) is 6. The third-order valence-corrected chi connectivity index (χ3v) is 4.13. The maximum Gasteiger partial charge on any atom is 0.514 e. The first-order valence-electron chi connectivity index (χ1n) is 10.8. The minimum atomic E-state index is -1.07. The van der Waals surface area contributed by atoms with Gasteiger partial charge in [-0.05, 0) is 65.7 Å². The largest absolute Gasteiger partial charge is 0.514 e. The molecule has 1 aromatic rings. The first-order chi connectivity index (χ1) is 15.8. The van der Waals surface area contributed by atoms with Gasteiger partial charge in [0.1, 0.15) is 18.2 Å². The monoisotopic (exact) mass is 483 g/mol. The van der Waals surface area contributed by atoms with E-state index in [-0.39, 0.29) is 17.9 Å². The normalized spacial score (nSPS) is 13.5. The summed E-state index contributed by atoms with van der Waals surface area (Å²) < 4.78 is 30.5. The second-order valence-corrected chi connectivity index (χ2v) is 8.09. The Hall–Kier alpha value is -3.34. The quantitative estimate of drug-likeness (QED) is 0.297. The topological polar surface area (TPSA) is 150 Å². The highest BCUT2D eigenvalue weighted by molar-refractivity contribution is 5.76. The van der Waals surface area contributed by atoms with Crippen LogP contribution in [0.5, 0.6) is 11.5 Å². The molecule has 0 bridgehead atoms. The van der Waals surface area contributed by atoms with E-state index in [1.165, 1.54) is 25.1 Å². The SMILES string of the molecule is CC(=O)O[C@@H](C)[C@H](C)OC(=O)[C@@H](N)Cc1ccc(OC(=O)OC(C)C)c(OC(=O)OC(C)C)c1. The second kappa shape index (κ2) is 13.4. The average molecular weight is 484 g/mol. The van der Waals surface area contributed by atoms with Crippen molar-refractivity contribution in [3.63, 3.8) is 0 Å². The van der Waals surface area contributed by atoms with Gasteiger partial charge in [0.05, 0.1) is 12.2 Å². The number of hydrogen-bond donors (Lipinski definition) is 1. The highest BCUT2D eigenvalue weighted by atomic mass is 16.7. The lowest BCUT2D eigenvalue weighted by Crippen LogP contribution is -2.39. The molecule has 0 aliphatic rings. The minimum Gasteiger partial charge on any atom is -0.459 e. The third kappa shape index (κ3) is 10.5. The third-order valence-electron chi connectivity index (χ3n) is 4.13. The number of carbonyl (C=O) groups is 4. The standard InChI is InChI=1S/C23H33NO10/c1-12(2)29-22(27)33-19-9-8-17(11-20(19)34-23(28)30-13(3)4)10-18(24)21(26)32-15(6)14(5)31-16(7)25/h8-9,11-15,18H,10,24H2,1-7H3/t14-,15-,18-/m0/s1. The Labute approximate surface area is 198 Å². The van der Waals surface area contributed by atoms with Gasteiger partial charge in [-0.25, -0.2) is 9.59 Å². The molecule has 0 radical (unpaired) electrons. The Kier molecular flexibility index (Phi) is 11.3. The van der Waals surface area contributed by atoms with Crippen molar-refractivity contribution in [3.05, 3.63) is 23.8 Å². The summed E-state index contributed by atoms with van der Waals surface area (Å²) in [5, 5.41) is 0. The summed E-state index contributed by atoms with van der Waals surface area (Å²) in [7, 11) is 0. The van der Waals surface area contributed by atoms with Crippen molar-refractivity contribution in [2.45, 2.75) is 85.3 Å². The number of carbonyl (C=O) groups excluding carboxylic acids is 4.